The van der Waals surface area contributed by atoms with Gasteiger partial charge in [-0.2, -0.15) is 0 Å². The molecule has 7 nitrogen and oxygen atoms in total. The molecule has 2 amide bonds. The first-order chi connectivity index (χ1) is 16.9. The van der Waals surface area contributed by atoms with E-state index in [1.54, 1.807) is 4.90 Å². The lowest BCUT2D eigenvalue weighted by Gasteiger charge is -2.32. The number of alkyl carbamates (subject to hydrolysis) is 1. The number of carboxylic acid groups (broad SMARTS) is 1. The molecule has 0 spiro atoms. The number of fused-ring (bicyclic) bond motifs is 3. The van der Waals surface area contributed by atoms with Crippen molar-refractivity contribution in [1.82, 2.24) is 10.2 Å². The highest BCUT2D eigenvalue weighted by molar-refractivity contribution is 5.79. The van der Waals surface area contributed by atoms with E-state index in [9.17, 15) is 14.4 Å². The van der Waals surface area contributed by atoms with E-state index in [4.69, 9.17) is 9.84 Å². The van der Waals surface area contributed by atoms with E-state index in [2.05, 4.69) is 29.6 Å². The summed E-state index contributed by atoms with van der Waals surface area (Å²) < 4.78 is 5.57. The number of amides is 2. The molecule has 2 aromatic carbocycles. The fourth-order valence-corrected chi connectivity index (χ4v) is 5.30. The number of carboxylic acids is 1. The number of benzene rings is 2. The number of aliphatic carboxylic acids is 1. The highest BCUT2D eigenvalue weighted by atomic mass is 16.5. The Kier molecular flexibility index (Phi) is 8.06. The summed E-state index contributed by atoms with van der Waals surface area (Å²) in [6, 6.07) is 16.5. The summed E-state index contributed by atoms with van der Waals surface area (Å²) in [5.41, 5.74) is 4.74. The van der Waals surface area contributed by atoms with Crippen LogP contribution in [0.4, 0.5) is 4.79 Å². The Balaban J connectivity index is 1.19. The van der Waals surface area contributed by atoms with Crippen LogP contribution in [-0.2, 0) is 14.3 Å². The minimum absolute atomic E-state index is 0.0270. The topological polar surface area (TPSA) is 95.9 Å². The van der Waals surface area contributed by atoms with Crippen molar-refractivity contribution in [2.24, 2.45) is 11.8 Å². The lowest BCUT2D eigenvalue weighted by atomic mass is 9.94. The molecule has 2 atom stereocenters. The third-order valence-corrected chi connectivity index (χ3v) is 7.11. The Morgan fingerprint density at radius 1 is 1.09 bits per heavy atom. The molecule has 2 unspecified atom stereocenters. The Morgan fingerprint density at radius 2 is 1.74 bits per heavy atom. The smallest absolute Gasteiger partial charge is 0.407 e. The van der Waals surface area contributed by atoms with Crippen LogP contribution in [0.3, 0.4) is 0 Å². The van der Waals surface area contributed by atoms with Crippen LogP contribution in [-0.4, -0.2) is 54.2 Å². The summed E-state index contributed by atoms with van der Waals surface area (Å²) in [4.78, 5) is 37.8. The van der Waals surface area contributed by atoms with Gasteiger partial charge in [0.25, 0.3) is 0 Å². The molecule has 4 rings (SSSR count). The van der Waals surface area contributed by atoms with E-state index in [0.29, 0.717) is 32.5 Å². The van der Waals surface area contributed by atoms with Crippen LogP contribution >= 0.6 is 0 Å². The number of piperidine rings is 1. The van der Waals surface area contributed by atoms with Crippen molar-refractivity contribution in [3.63, 3.8) is 0 Å². The molecule has 186 valence electrons. The van der Waals surface area contributed by atoms with E-state index in [-0.39, 0.29) is 36.7 Å². The first-order valence-electron chi connectivity index (χ1n) is 12.5. The van der Waals surface area contributed by atoms with Gasteiger partial charge < -0.3 is 20.1 Å². The molecule has 1 fully saturated rings. The molecular weight excluding hydrogens is 444 g/mol. The van der Waals surface area contributed by atoms with Crippen LogP contribution in [0.15, 0.2) is 48.5 Å². The van der Waals surface area contributed by atoms with E-state index in [1.807, 2.05) is 31.2 Å². The summed E-state index contributed by atoms with van der Waals surface area (Å²) >= 11 is 0. The number of rotatable bonds is 9. The van der Waals surface area contributed by atoms with Crippen molar-refractivity contribution in [3.05, 3.63) is 59.7 Å². The number of hydrogen-bond donors (Lipinski definition) is 2. The Hall–Kier alpha value is -3.35. The van der Waals surface area contributed by atoms with Crippen molar-refractivity contribution < 1.29 is 24.2 Å². The van der Waals surface area contributed by atoms with Gasteiger partial charge in [-0.1, -0.05) is 55.5 Å². The number of hydrogen-bond acceptors (Lipinski definition) is 4. The van der Waals surface area contributed by atoms with E-state index >= 15 is 0 Å². The zero-order valence-corrected chi connectivity index (χ0v) is 20.2. The molecule has 2 N–H and O–H groups in total. The molecule has 1 saturated heterocycles. The summed E-state index contributed by atoms with van der Waals surface area (Å²) in [6.07, 6.45) is 2.44. The molecule has 2 aliphatic rings. The van der Waals surface area contributed by atoms with Gasteiger partial charge in [0.2, 0.25) is 5.91 Å². The van der Waals surface area contributed by atoms with Gasteiger partial charge in [0.05, 0.1) is 0 Å². The Bertz CT molecular complexity index is 1020. The van der Waals surface area contributed by atoms with Crippen LogP contribution < -0.4 is 5.32 Å². The zero-order valence-electron chi connectivity index (χ0n) is 20.2. The number of nitrogens with zero attached hydrogens (tertiary/aromatic N) is 1. The van der Waals surface area contributed by atoms with Gasteiger partial charge in [-0.3, -0.25) is 9.59 Å². The van der Waals surface area contributed by atoms with Gasteiger partial charge in [-0.25, -0.2) is 4.79 Å². The molecule has 1 heterocycles. The maximum Gasteiger partial charge on any atom is 0.407 e. The second-order valence-corrected chi connectivity index (χ2v) is 9.80. The maximum absolute atomic E-state index is 12.7. The van der Waals surface area contributed by atoms with Gasteiger partial charge in [0, 0.05) is 38.4 Å². The molecule has 1 aliphatic carbocycles. The Morgan fingerprint density at radius 3 is 2.40 bits per heavy atom. The first-order valence-corrected chi connectivity index (χ1v) is 12.5. The lowest BCUT2D eigenvalue weighted by Crippen LogP contribution is -2.41. The van der Waals surface area contributed by atoms with Gasteiger partial charge in [-0.15, -0.1) is 0 Å². The predicted octanol–water partition coefficient (Wildman–Crippen LogP) is 4.65. The third-order valence-electron chi connectivity index (χ3n) is 7.11. The quantitative estimate of drug-likeness (QED) is 0.547. The van der Waals surface area contributed by atoms with Crippen molar-refractivity contribution >= 4 is 18.0 Å². The zero-order chi connectivity index (χ0) is 24.8. The molecule has 0 saturated carbocycles. The number of carbonyl (C=O) groups is 3. The van der Waals surface area contributed by atoms with Crippen LogP contribution in [0.1, 0.15) is 56.1 Å². The van der Waals surface area contributed by atoms with Crippen molar-refractivity contribution in [2.75, 3.05) is 26.2 Å². The molecule has 7 heteroatoms. The summed E-state index contributed by atoms with van der Waals surface area (Å²) in [5, 5.41) is 11.8. The van der Waals surface area contributed by atoms with Gasteiger partial charge in [0.15, 0.2) is 0 Å². The maximum atomic E-state index is 12.7. The van der Waals surface area contributed by atoms with Gasteiger partial charge in [-0.05, 0) is 53.4 Å². The highest BCUT2D eigenvalue weighted by Gasteiger charge is 2.29. The normalized spacial score (nSPS) is 17.9. The Labute approximate surface area is 206 Å². The molecule has 0 bridgehead atoms. The first kappa shape index (κ1) is 24.8. The van der Waals surface area contributed by atoms with Crippen molar-refractivity contribution in [2.45, 2.75) is 44.9 Å². The molecule has 0 radical (unpaired) electrons. The van der Waals surface area contributed by atoms with E-state index in [1.165, 1.54) is 22.3 Å². The largest absolute Gasteiger partial charge is 0.481 e. The minimum Gasteiger partial charge on any atom is -0.481 e. The summed E-state index contributed by atoms with van der Waals surface area (Å²) in [6.45, 7) is 3.93. The predicted molar refractivity (Wildman–Crippen MR) is 133 cm³/mol. The SMILES string of the molecule is CC(CCNC(=O)OCC1c2ccccc2-c2ccccc21)CC(=O)N1CCCC(CC(=O)O)C1. The van der Waals surface area contributed by atoms with Gasteiger partial charge in [0.1, 0.15) is 6.61 Å². The molecule has 35 heavy (non-hydrogen) atoms. The minimum atomic E-state index is -0.808. The summed E-state index contributed by atoms with van der Waals surface area (Å²) in [7, 11) is 0. The second-order valence-electron chi connectivity index (χ2n) is 9.80. The van der Waals surface area contributed by atoms with Crippen LogP contribution in [0.2, 0.25) is 0 Å². The van der Waals surface area contributed by atoms with Crippen LogP contribution in [0, 0.1) is 11.8 Å². The number of likely N-dealkylation sites (tertiary alicyclic amines) is 1. The standard InChI is InChI=1S/C28H34N2O5/c1-19(15-26(31)30-14-6-7-20(17-30)16-27(32)33)12-13-29-28(34)35-18-25-23-10-4-2-8-21(23)22-9-3-5-11-24(22)25/h2-5,8-11,19-20,25H,6-7,12-18H2,1H3,(H,29,34)(H,32,33). The van der Waals surface area contributed by atoms with Gasteiger partial charge >= 0.3 is 12.1 Å². The highest BCUT2D eigenvalue weighted by Crippen LogP contribution is 2.44. The molecule has 0 aromatic heterocycles. The molecular formula is C28H34N2O5. The number of ether oxygens (including phenoxy) is 1. The molecule has 2 aromatic rings. The summed E-state index contributed by atoms with van der Waals surface area (Å²) in [5.74, 6) is -0.572. The average molecular weight is 479 g/mol. The average Bonchev–Trinajstić information content (AvgIpc) is 3.16. The third kappa shape index (κ3) is 6.21. The fourth-order valence-electron chi connectivity index (χ4n) is 5.30. The number of nitrogens with one attached hydrogen (secondary N) is 1. The van der Waals surface area contributed by atoms with E-state index < -0.39 is 12.1 Å². The van der Waals surface area contributed by atoms with Crippen LogP contribution in [0.5, 0.6) is 0 Å². The second kappa shape index (κ2) is 11.4. The monoisotopic (exact) mass is 478 g/mol. The fraction of sp³-hybridized carbons (Fsp3) is 0.464. The van der Waals surface area contributed by atoms with Crippen LogP contribution in [0.25, 0.3) is 11.1 Å². The van der Waals surface area contributed by atoms with E-state index in [0.717, 1.165) is 12.8 Å². The molecule has 1 aliphatic heterocycles. The van der Waals surface area contributed by atoms with Crippen molar-refractivity contribution in [3.8, 4) is 11.1 Å². The lowest BCUT2D eigenvalue weighted by molar-refractivity contribution is -0.141. The number of carbonyl (C=O) groups excluding carboxylic acids is 2. The van der Waals surface area contributed by atoms with Crippen molar-refractivity contribution in [1.29, 1.82) is 0 Å².